The molecule has 1 aliphatic heterocycles. The molecule has 0 amide bonds. The molecule has 110 valence electrons. The molecule has 8 heteroatoms. The number of nitrogens with zero attached hydrogens (tertiary/aromatic N) is 1. The van der Waals surface area contributed by atoms with Gasteiger partial charge in [-0.05, 0) is 31.0 Å². The molecule has 1 aromatic rings. The quantitative estimate of drug-likeness (QED) is 0.828. The Balaban J connectivity index is 2.18. The van der Waals surface area contributed by atoms with Crippen molar-refractivity contribution in [3.63, 3.8) is 0 Å². The Bertz CT molecular complexity index is 613. The van der Waals surface area contributed by atoms with E-state index in [0.717, 1.165) is 19.3 Å². The van der Waals surface area contributed by atoms with Crippen molar-refractivity contribution in [1.82, 2.24) is 4.31 Å². The molecule has 0 radical (unpaired) electrons. The number of hydrogen-bond acceptors (Lipinski definition) is 3. The summed E-state index contributed by atoms with van der Waals surface area (Å²) >= 11 is 10.9. The van der Waals surface area contributed by atoms with Gasteiger partial charge in [-0.1, -0.05) is 30.2 Å². The number of nitrogens with one attached hydrogen (secondary N) is 1. The van der Waals surface area contributed by atoms with E-state index in [2.05, 4.69) is 4.72 Å². The second-order valence-corrected chi connectivity index (χ2v) is 7.14. The SMILES string of the molecule is NC(=S)c1ccc(NS(=O)(=O)N2CCCCC2)c(Cl)c1. The van der Waals surface area contributed by atoms with E-state index < -0.39 is 10.2 Å². The topological polar surface area (TPSA) is 75.4 Å². The molecule has 0 bridgehead atoms. The molecule has 0 aliphatic carbocycles. The fourth-order valence-corrected chi connectivity index (χ4v) is 3.79. The Morgan fingerprint density at radius 2 is 1.95 bits per heavy atom. The van der Waals surface area contributed by atoms with E-state index in [9.17, 15) is 8.42 Å². The van der Waals surface area contributed by atoms with E-state index in [1.807, 2.05) is 0 Å². The number of benzene rings is 1. The third kappa shape index (κ3) is 3.60. The van der Waals surface area contributed by atoms with Gasteiger partial charge in [-0.25, -0.2) is 0 Å². The van der Waals surface area contributed by atoms with Gasteiger partial charge in [0.15, 0.2) is 0 Å². The number of anilines is 1. The van der Waals surface area contributed by atoms with Gasteiger partial charge in [0.25, 0.3) is 0 Å². The van der Waals surface area contributed by atoms with Crippen molar-refractivity contribution in [3.8, 4) is 0 Å². The van der Waals surface area contributed by atoms with E-state index >= 15 is 0 Å². The second-order valence-electron chi connectivity index (χ2n) is 4.63. The van der Waals surface area contributed by atoms with Crippen molar-refractivity contribution in [2.45, 2.75) is 19.3 Å². The Labute approximate surface area is 129 Å². The van der Waals surface area contributed by atoms with Crippen LogP contribution in [0.5, 0.6) is 0 Å². The van der Waals surface area contributed by atoms with Crippen LogP contribution in [-0.2, 0) is 10.2 Å². The lowest BCUT2D eigenvalue weighted by atomic mass is 10.2. The third-order valence-corrected chi connectivity index (χ3v) is 5.22. The summed E-state index contributed by atoms with van der Waals surface area (Å²) in [6.45, 7) is 1.08. The molecule has 1 fully saturated rings. The van der Waals surface area contributed by atoms with Crippen LogP contribution in [0.15, 0.2) is 18.2 Å². The molecular formula is C12H16ClN3O2S2. The van der Waals surface area contributed by atoms with Crippen molar-refractivity contribution < 1.29 is 8.42 Å². The zero-order chi connectivity index (χ0) is 14.8. The Hall–Kier alpha value is -0.890. The fraction of sp³-hybridized carbons (Fsp3) is 0.417. The van der Waals surface area contributed by atoms with Crippen LogP contribution in [0, 0.1) is 0 Å². The van der Waals surface area contributed by atoms with Crippen LogP contribution in [0.2, 0.25) is 5.02 Å². The van der Waals surface area contributed by atoms with Crippen molar-refractivity contribution in [3.05, 3.63) is 28.8 Å². The van der Waals surface area contributed by atoms with E-state index in [-0.39, 0.29) is 10.0 Å². The van der Waals surface area contributed by atoms with Crippen LogP contribution >= 0.6 is 23.8 Å². The van der Waals surface area contributed by atoms with Gasteiger partial charge in [-0.15, -0.1) is 0 Å². The summed E-state index contributed by atoms with van der Waals surface area (Å²) in [5, 5.41) is 0.274. The molecular weight excluding hydrogens is 318 g/mol. The third-order valence-electron chi connectivity index (χ3n) is 3.15. The molecule has 20 heavy (non-hydrogen) atoms. The van der Waals surface area contributed by atoms with Crippen molar-refractivity contribution in [2.24, 2.45) is 5.73 Å². The average molecular weight is 334 g/mol. The highest BCUT2D eigenvalue weighted by molar-refractivity contribution is 7.90. The van der Waals surface area contributed by atoms with Crippen LogP contribution in [0.25, 0.3) is 0 Å². The molecule has 0 aromatic heterocycles. The first-order chi connectivity index (χ1) is 9.40. The van der Waals surface area contributed by atoms with Gasteiger partial charge in [0.05, 0.1) is 10.7 Å². The summed E-state index contributed by atoms with van der Waals surface area (Å²) in [6, 6.07) is 4.76. The molecule has 2 rings (SSSR count). The largest absolute Gasteiger partial charge is 0.389 e. The number of rotatable bonds is 4. The van der Waals surface area contributed by atoms with Gasteiger partial charge in [-0.2, -0.15) is 12.7 Å². The van der Waals surface area contributed by atoms with Gasteiger partial charge in [-0.3, -0.25) is 4.72 Å². The maximum atomic E-state index is 12.2. The van der Waals surface area contributed by atoms with Crippen LogP contribution < -0.4 is 10.5 Å². The number of piperidine rings is 1. The summed E-state index contributed by atoms with van der Waals surface area (Å²) in [6.07, 6.45) is 2.83. The average Bonchev–Trinajstić information content (AvgIpc) is 2.41. The molecule has 1 aliphatic rings. The van der Waals surface area contributed by atoms with E-state index in [1.54, 1.807) is 18.2 Å². The summed E-state index contributed by atoms with van der Waals surface area (Å²) in [4.78, 5) is 0.220. The minimum Gasteiger partial charge on any atom is -0.389 e. The minimum atomic E-state index is -3.56. The minimum absolute atomic E-state index is 0.220. The first-order valence-electron chi connectivity index (χ1n) is 6.27. The summed E-state index contributed by atoms with van der Waals surface area (Å²) in [5.41, 5.74) is 6.44. The number of thiocarbonyl (C=S) groups is 1. The van der Waals surface area contributed by atoms with Gasteiger partial charge >= 0.3 is 10.2 Å². The molecule has 0 unspecified atom stereocenters. The lowest BCUT2D eigenvalue weighted by Crippen LogP contribution is -2.39. The lowest BCUT2D eigenvalue weighted by molar-refractivity contribution is 0.349. The fourth-order valence-electron chi connectivity index (χ4n) is 2.06. The molecule has 3 N–H and O–H groups in total. The lowest BCUT2D eigenvalue weighted by Gasteiger charge is -2.26. The number of nitrogens with two attached hydrogens (primary N) is 1. The predicted octanol–water partition coefficient (Wildman–Crippen LogP) is 2.12. The number of halogens is 1. The van der Waals surface area contributed by atoms with Gasteiger partial charge in [0.1, 0.15) is 4.99 Å². The highest BCUT2D eigenvalue weighted by atomic mass is 35.5. The second kappa shape index (κ2) is 6.26. The monoisotopic (exact) mass is 333 g/mol. The van der Waals surface area contributed by atoms with Crippen LogP contribution in [-0.4, -0.2) is 30.8 Å². The highest BCUT2D eigenvalue weighted by Gasteiger charge is 2.24. The number of hydrogen-bond donors (Lipinski definition) is 2. The Morgan fingerprint density at radius 3 is 2.50 bits per heavy atom. The van der Waals surface area contributed by atoms with E-state index in [4.69, 9.17) is 29.6 Å². The predicted molar refractivity (Wildman–Crippen MR) is 85.3 cm³/mol. The van der Waals surface area contributed by atoms with Gasteiger partial charge < -0.3 is 5.73 Å². The maximum Gasteiger partial charge on any atom is 0.301 e. The van der Waals surface area contributed by atoms with Gasteiger partial charge in [0.2, 0.25) is 0 Å². The molecule has 0 spiro atoms. The molecule has 1 saturated heterocycles. The summed E-state index contributed by atoms with van der Waals surface area (Å²) in [7, 11) is -3.56. The highest BCUT2D eigenvalue weighted by Crippen LogP contribution is 2.25. The summed E-state index contributed by atoms with van der Waals surface area (Å²) < 4.78 is 28.4. The maximum absolute atomic E-state index is 12.2. The smallest absolute Gasteiger partial charge is 0.301 e. The van der Waals surface area contributed by atoms with Crippen molar-refractivity contribution in [2.75, 3.05) is 17.8 Å². The Kier molecular flexibility index (Phi) is 4.85. The molecule has 0 saturated carbocycles. The molecule has 5 nitrogen and oxygen atoms in total. The van der Waals surface area contributed by atoms with Gasteiger partial charge in [0, 0.05) is 18.7 Å². The van der Waals surface area contributed by atoms with Crippen molar-refractivity contribution in [1.29, 1.82) is 0 Å². The summed E-state index contributed by atoms with van der Waals surface area (Å²) in [5.74, 6) is 0. The zero-order valence-electron chi connectivity index (χ0n) is 10.8. The first-order valence-corrected chi connectivity index (χ1v) is 8.50. The zero-order valence-corrected chi connectivity index (χ0v) is 13.2. The van der Waals surface area contributed by atoms with Crippen LogP contribution in [0.3, 0.4) is 0 Å². The molecule has 1 aromatic carbocycles. The van der Waals surface area contributed by atoms with Crippen LogP contribution in [0.4, 0.5) is 5.69 Å². The Morgan fingerprint density at radius 1 is 1.30 bits per heavy atom. The van der Waals surface area contributed by atoms with E-state index in [1.165, 1.54) is 4.31 Å². The standard InChI is InChI=1S/C12H16ClN3O2S2/c13-10-8-9(12(14)19)4-5-11(10)15-20(17,18)16-6-2-1-3-7-16/h4-5,8,15H,1-3,6-7H2,(H2,14,19). The van der Waals surface area contributed by atoms with Crippen molar-refractivity contribution >= 4 is 44.7 Å². The van der Waals surface area contributed by atoms with Crippen LogP contribution in [0.1, 0.15) is 24.8 Å². The van der Waals surface area contributed by atoms with E-state index in [0.29, 0.717) is 24.3 Å². The first kappa shape index (κ1) is 15.5. The normalized spacial score (nSPS) is 16.9. The molecule has 1 heterocycles. The molecule has 0 atom stereocenters.